The van der Waals surface area contributed by atoms with Crippen molar-refractivity contribution in [1.82, 2.24) is 0 Å². The van der Waals surface area contributed by atoms with Gasteiger partial charge in [0.2, 0.25) is 5.78 Å². The second-order valence-electron chi connectivity index (χ2n) is 2.39. The first kappa shape index (κ1) is 11.0. The molecule has 0 amide bonds. The maximum atomic E-state index is 12.9. The fourth-order valence-electron chi connectivity index (χ4n) is 0.834. The van der Waals surface area contributed by atoms with E-state index >= 15 is 0 Å². The first-order valence-electron chi connectivity index (χ1n) is 3.41. The van der Waals surface area contributed by atoms with E-state index in [1.807, 2.05) is 0 Å². The molecule has 0 aliphatic carbocycles. The summed E-state index contributed by atoms with van der Waals surface area (Å²) in [5.41, 5.74) is -0.911. The zero-order valence-electron chi connectivity index (χ0n) is 6.53. The van der Waals surface area contributed by atoms with Gasteiger partial charge in [-0.05, 0) is 12.1 Å². The van der Waals surface area contributed by atoms with E-state index in [1.165, 1.54) is 0 Å². The molecule has 0 bridgehead atoms. The fraction of sp³-hybridized carbons (Fsp3) is 0.125. The Balaban J connectivity index is 3.24. The maximum Gasteiger partial charge on any atom is 0.300 e. The van der Waals surface area contributed by atoms with E-state index < -0.39 is 34.4 Å². The minimum atomic E-state index is -3.34. The molecule has 6 heteroatoms. The molecule has 0 N–H and O–H groups in total. The van der Waals surface area contributed by atoms with Gasteiger partial charge >= 0.3 is 6.43 Å². The standard InChI is InChI=1S/C8H3ClF4O/c9-5-4(10)2-1-3(6(5)11)7(14)8(12)13/h1-2,8H. The lowest BCUT2D eigenvalue weighted by molar-refractivity contribution is 0.0674. The van der Waals surface area contributed by atoms with Crippen LogP contribution in [0, 0.1) is 11.6 Å². The highest BCUT2D eigenvalue weighted by atomic mass is 35.5. The lowest BCUT2D eigenvalue weighted by Gasteiger charge is -2.03. The van der Waals surface area contributed by atoms with Crippen molar-refractivity contribution in [1.29, 1.82) is 0 Å². The van der Waals surface area contributed by atoms with Crippen LogP contribution < -0.4 is 0 Å². The van der Waals surface area contributed by atoms with E-state index in [1.54, 1.807) is 0 Å². The van der Waals surface area contributed by atoms with Crippen LogP contribution in [0.2, 0.25) is 5.02 Å². The van der Waals surface area contributed by atoms with Crippen LogP contribution in [0.1, 0.15) is 10.4 Å². The number of halogens is 5. The normalized spacial score (nSPS) is 10.7. The summed E-state index contributed by atoms with van der Waals surface area (Å²) in [6.45, 7) is 0. The summed E-state index contributed by atoms with van der Waals surface area (Å²) in [4.78, 5) is 10.7. The molecule has 0 unspecified atom stereocenters. The van der Waals surface area contributed by atoms with Crippen molar-refractivity contribution in [3.05, 3.63) is 34.4 Å². The Labute approximate surface area is 81.3 Å². The summed E-state index contributed by atoms with van der Waals surface area (Å²) in [5, 5.41) is -0.962. The Hall–Kier alpha value is -1.10. The van der Waals surface area contributed by atoms with Crippen LogP contribution in [0.5, 0.6) is 0 Å². The average Bonchev–Trinajstić information content (AvgIpc) is 2.13. The molecular formula is C8H3ClF4O. The van der Waals surface area contributed by atoms with Gasteiger partial charge in [-0.2, -0.15) is 0 Å². The maximum absolute atomic E-state index is 12.9. The van der Waals surface area contributed by atoms with E-state index in [9.17, 15) is 22.4 Å². The van der Waals surface area contributed by atoms with Crippen molar-refractivity contribution in [3.8, 4) is 0 Å². The van der Waals surface area contributed by atoms with Gasteiger partial charge in [-0.15, -0.1) is 0 Å². The molecular weight excluding hydrogens is 224 g/mol. The van der Waals surface area contributed by atoms with Gasteiger partial charge in [-0.25, -0.2) is 17.6 Å². The van der Waals surface area contributed by atoms with Gasteiger partial charge in [0.25, 0.3) is 0 Å². The molecule has 76 valence electrons. The molecule has 0 atom stereocenters. The number of carbonyl (C=O) groups excluding carboxylic acids is 1. The van der Waals surface area contributed by atoms with E-state index in [2.05, 4.69) is 0 Å². The molecule has 1 rings (SSSR count). The van der Waals surface area contributed by atoms with Crippen LogP contribution >= 0.6 is 11.6 Å². The Bertz CT molecular complexity index is 378. The third kappa shape index (κ3) is 1.87. The predicted molar refractivity (Wildman–Crippen MR) is 41.7 cm³/mol. The summed E-state index contributed by atoms with van der Waals surface area (Å²) >= 11 is 5.08. The van der Waals surface area contributed by atoms with E-state index in [-0.39, 0.29) is 0 Å². The molecule has 14 heavy (non-hydrogen) atoms. The van der Waals surface area contributed by atoms with Crippen LogP contribution in [0.25, 0.3) is 0 Å². The first-order chi connectivity index (χ1) is 6.45. The Kier molecular flexibility index (Phi) is 3.10. The highest BCUT2D eigenvalue weighted by Crippen LogP contribution is 2.23. The highest BCUT2D eigenvalue weighted by Gasteiger charge is 2.23. The molecule has 0 aliphatic rings. The minimum absolute atomic E-state index is 0.630. The van der Waals surface area contributed by atoms with Gasteiger partial charge < -0.3 is 0 Å². The summed E-state index contributed by atoms with van der Waals surface area (Å²) in [5.74, 6) is -4.28. The van der Waals surface area contributed by atoms with Crippen LogP contribution in [-0.4, -0.2) is 12.2 Å². The minimum Gasteiger partial charge on any atom is -0.288 e. The zero-order valence-corrected chi connectivity index (χ0v) is 7.29. The SMILES string of the molecule is O=C(c1ccc(F)c(Cl)c1F)C(F)F. The Morgan fingerprint density at radius 2 is 1.86 bits per heavy atom. The molecule has 1 nitrogen and oxygen atoms in total. The number of carbonyl (C=O) groups is 1. The van der Waals surface area contributed by atoms with Gasteiger partial charge in [0, 0.05) is 0 Å². The fourth-order valence-corrected chi connectivity index (χ4v) is 0.999. The second kappa shape index (κ2) is 3.96. The summed E-state index contributed by atoms with van der Waals surface area (Å²) in [6, 6.07) is 1.28. The predicted octanol–water partition coefficient (Wildman–Crippen LogP) is 3.07. The van der Waals surface area contributed by atoms with Crippen LogP contribution in [-0.2, 0) is 0 Å². The van der Waals surface area contributed by atoms with Crippen LogP contribution in [0.15, 0.2) is 12.1 Å². The number of alkyl halides is 2. The van der Waals surface area contributed by atoms with Gasteiger partial charge in [-0.1, -0.05) is 11.6 Å². The molecule has 0 aromatic heterocycles. The van der Waals surface area contributed by atoms with Crippen molar-refractivity contribution in [2.24, 2.45) is 0 Å². The molecule has 1 aromatic carbocycles. The van der Waals surface area contributed by atoms with Gasteiger partial charge in [0.05, 0.1) is 5.56 Å². The van der Waals surface area contributed by atoms with Crippen molar-refractivity contribution < 1.29 is 22.4 Å². The molecule has 0 fully saturated rings. The number of Topliss-reactive ketones (excluding diaryl/α,β-unsaturated/α-hetero) is 1. The van der Waals surface area contributed by atoms with Gasteiger partial charge in [0.1, 0.15) is 10.8 Å². The highest BCUT2D eigenvalue weighted by molar-refractivity contribution is 6.31. The molecule has 1 aromatic rings. The van der Waals surface area contributed by atoms with Crippen molar-refractivity contribution in [3.63, 3.8) is 0 Å². The van der Waals surface area contributed by atoms with Crippen molar-refractivity contribution in [2.45, 2.75) is 6.43 Å². The van der Waals surface area contributed by atoms with E-state index in [0.717, 1.165) is 0 Å². The quantitative estimate of drug-likeness (QED) is 0.430. The zero-order chi connectivity index (χ0) is 10.9. The molecule has 0 aliphatic heterocycles. The van der Waals surface area contributed by atoms with E-state index in [4.69, 9.17) is 11.6 Å². The lowest BCUT2D eigenvalue weighted by Crippen LogP contribution is -2.12. The molecule has 0 spiro atoms. The average molecular weight is 227 g/mol. The number of ketones is 1. The Morgan fingerprint density at radius 1 is 1.29 bits per heavy atom. The summed E-state index contributed by atoms with van der Waals surface area (Å²) < 4.78 is 49.2. The topological polar surface area (TPSA) is 17.1 Å². The molecule has 0 saturated carbocycles. The van der Waals surface area contributed by atoms with Crippen molar-refractivity contribution in [2.75, 3.05) is 0 Å². The largest absolute Gasteiger partial charge is 0.300 e. The number of rotatable bonds is 2. The smallest absolute Gasteiger partial charge is 0.288 e. The third-order valence-electron chi connectivity index (χ3n) is 1.50. The van der Waals surface area contributed by atoms with Crippen LogP contribution in [0.4, 0.5) is 17.6 Å². The molecule has 0 radical (unpaired) electrons. The second-order valence-corrected chi connectivity index (χ2v) is 2.77. The van der Waals surface area contributed by atoms with Gasteiger partial charge in [-0.3, -0.25) is 4.79 Å². The monoisotopic (exact) mass is 226 g/mol. The number of hydrogen-bond acceptors (Lipinski definition) is 1. The third-order valence-corrected chi connectivity index (χ3v) is 1.85. The number of benzene rings is 1. The first-order valence-corrected chi connectivity index (χ1v) is 3.78. The molecule has 0 heterocycles. The van der Waals surface area contributed by atoms with Crippen LogP contribution in [0.3, 0.4) is 0 Å². The van der Waals surface area contributed by atoms with E-state index in [0.29, 0.717) is 12.1 Å². The summed E-state index contributed by atoms with van der Waals surface area (Å²) in [7, 11) is 0. The van der Waals surface area contributed by atoms with Gasteiger partial charge in [0.15, 0.2) is 5.82 Å². The van der Waals surface area contributed by atoms with Crippen molar-refractivity contribution >= 4 is 17.4 Å². The lowest BCUT2D eigenvalue weighted by atomic mass is 10.1. The summed E-state index contributed by atoms with van der Waals surface area (Å²) in [6.07, 6.45) is -3.34. The molecule has 0 saturated heterocycles. The number of hydrogen-bond donors (Lipinski definition) is 0. The Morgan fingerprint density at radius 3 is 2.36 bits per heavy atom.